The van der Waals surface area contributed by atoms with E-state index in [1.165, 1.54) is 0 Å². The summed E-state index contributed by atoms with van der Waals surface area (Å²) >= 11 is 7.82. The lowest BCUT2D eigenvalue weighted by molar-refractivity contribution is -0.119. The van der Waals surface area contributed by atoms with Gasteiger partial charge >= 0.3 is 0 Å². The van der Waals surface area contributed by atoms with Gasteiger partial charge in [-0.05, 0) is 31.0 Å². The highest BCUT2D eigenvalue weighted by molar-refractivity contribution is 7.99. The molecule has 0 fully saturated rings. The van der Waals surface area contributed by atoms with Crippen LogP contribution in [0.4, 0.5) is 0 Å². The maximum Gasteiger partial charge on any atom is 0.230 e. The maximum absolute atomic E-state index is 11.7. The summed E-state index contributed by atoms with van der Waals surface area (Å²) in [5.74, 6) is 2.55. The normalized spacial score (nSPS) is 15.0. The molecule has 22 heavy (non-hydrogen) atoms. The average molecular weight is 344 g/mol. The molecule has 1 atom stereocenters. The van der Waals surface area contributed by atoms with Gasteiger partial charge in [-0.25, -0.2) is 0 Å². The second-order valence-corrected chi connectivity index (χ2v) is 6.72. The Morgan fingerprint density at radius 2 is 2.18 bits per heavy atom. The van der Waals surface area contributed by atoms with Crippen LogP contribution in [0.2, 0.25) is 5.02 Å². The lowest BCUT2D eigenvalue weighted by Gasteiger charge is -2.12. The smallest absolute Gasteiger partial charge is 0.230 e. The zero-order valence-corrected chi connectivity index (χ0v) is 14.6. The quantitative estimate of drug-likeness (QED) is 0.856. The molecule has 0 saturated carbocycles. The summed E-state index contributed by atoms with van der Waals surface area (Å²) in [6.45, 7) is 5.32. The first-order chi connectivity index (χ1) is 10.6. The summed E-state index contributed by atoms with van der Waals surface area (Å²) < 4.78 is 11.3. The Bertz CT molecular complexity index is 524. The molecule has 0 aromatic heterocycles. The number of ether oxygens (including phenoxy) is 2. The Morgan fingerprint density at radius 1 is 1.41 bits per heavy atom. The Morgan fingerprint density at radius 3 is 2.95 bits per heavy atom. The Kier molecular flexibility index (Phi) is 6.70. The summed E-state index contributed by atoms with van der Waals surface area (Å²) in [5, 5.41) is 3.52. The predicted molar refractivity (Wildman–Crippen MR) is 91.1 cm³/mol. The molecule has 1 aliphatic heterocycles. The molecule has 0 radical (unpaired) electrons. The van der Waals surface area contributed by atoms with E-state index in [1.807, 2.05) is 19.1 Å². The molecule has 1 amide bonds. The zero-order chi connectivity index (χ0) is 15.9. The van der Waals surface area contributed by atoms with Gasteiger partial charge in [-0.3, -0.25) is 4.79 Å². The summed E-state index contributed by atoms with van der Waals surface area (Å²) in [6.07, 6.45) is 1.79. The molecule has 6 heteroatoms. The summed E-state index contributed by atoms with van der Waals surface area (Å²) in [6, 6.07) is 4.06. The summed E-state index contributed by atoms with van der Waals surface area (Å²) in [5.41, 5.74) is 1.04. The first-order valence-electron chi connectivity index (χ1n) is 7.55. The molecule has 0 saturated heterocycles. The second-order valence-electron chi connectivity index (χ2n) is 5.32. The third-order valence-corrected chi connectivity index (χ3v) is 4.67. The van der Waals surface area contributed by atoms with Crippen LogP contribution in [0.25, 0.3) is 0 Å². The fourth-order valence-electron chi connectivity index (χ4n) is 2.05. The van der Waals surface area contributed by atoms with E-state index in [-0.39, 0.29) is 11.9 Å². The van der Waals surface area contributed by atoms with E-state index >= 15 is 0 Å². The van der Waals surface area contributed by atoms with Crippen molar-refractivity contribution in [2.75, 3.05) is 19.0 Å². The number of fused-ring (bicyclic) bond motifs is 1. The zero-order valence-electron chi connectivity index (χ0n) is 13.0. The van der Waals surface area contributed by atoms with Crippen LogP contribution in [0.5, 0.6) is 11.5 Å². The maximum atomic E-state index is 11.7. The summed E-state index contributed by atoms with van der Waals surface area (Å²) in [7, 11) is 0. The van der Waals surface area contributed by atoms with Gasteiger partial charge < -0.3 is 14.8 Å². The molecule has 1 N–H and O–H groups in total. The van der Waals surface area contributed by atoms with Gasteiger partial charge in [-0.1, -0.05) is 18.5 Å². The fourth-order valence-corrected chi connectivity index (χ4v) is 3.11. The van der Waals surface area contributed by atoms with Crippen molar-refractivity contribution in [1.29, 1.82) is 0 Å². The molecule has 4 nitrogen and oxygen atoms in total. The second kappa shape index (κ2) is 8.53. The number of benzene rings is 1. The minimum absolute atomic E-state index is 0.0693. The van der Waals surface area contributed by atoms with Gasteiger partial charge in [0.25, 0.3) is 0 Å². The molecule has 1 aliphatic rings. The molecule has 0 bridgehead atoms. The lowest BCUT2D eigenvalue weighted by atomic mass is 10.2. The Hall–Kier alpha value is -1.07. The first kappa shape index (κ1) is 17.3. The number of rotatable bonds is 6. The number of carbonyl (C=O) groups is 1. The van der Waals surface area contributed by atoms with Crippen LogP contribution < -0.4 is 14.8 Å². The number of carbonyl (C=O) groups excluding carboxylic acids is 1. The monoisotopic (exact) mass is 343 g/mol. The Balaban J connectivity index is 1.89. The third kappa shape index (κ3) is 4.99. The predicted octanol–water partition coefficient (Wildman–Crippen LogP) is 3.65. The van der Waals surface area contributed by atoms with Crippen LogP contribution in [0.1, 0.15) is 32.3 Å². The van der Waals surface area contributed by atoms with Gasteiger partial charge in [0.2, 0.25) is 5.91 Å². The molecule has 1 aromatic carbocycles. The van der Waals surface area contributed by atoms with Crippen LogP contribution in [0.15, 0.2) is 12.1 Å². The SMILES string of the molecule is CC[C@@H](C)NC(=O)CSCc1cc(Cl)c2c(c1)OCCCO2. The fraction of sp³-hybridized carbons (Fsp3) is 0.562. The highest BCUT2D eigenvalue weighted by Gasteiger charge is 2.15. The number of hydrogen-bond acceptors (Lipinski definition) is 4. The molecule has 1 aromatic rings. The molecule has 0 aliphatic carbocycles. The van der Waals surface area contributed by atoms with Crippen molar-refractivity contribution in [2.24, 2.45) is 0 Å². The standard InChI is InChI=1S/C16H22ClNO3S/c1-3-11(2)18-15(19)10-22-9-12-7-13(17)16-14(8-12)20-5-4-6-21-16/h7-8,11H,3-6,9-10H2,1-2H3,(H,18,19)/t11-/m1/s1. The summed E-state index contributed by atoms with van der Waals surface area (Å²) in [4.78, 5) is 11.7. The molecule has 1 heterocycles. The van der Waals surface area contributed by atoms with E-state index in [0.29, 0.717) is 41.2 Å². The van der Waals surface area contributed by atoms with E-state index in [0.717, 1.165) is 18.4 Å². The van der Waals surface area contributed by atoms with Gasteiger partial charge in [-0.15, -0.1) is 11.8 Å². The van der Waals surface area contributed by atoms with Crippen LogP contribution >= 0.6 is 23.4 Å². The van der Waals surface area contributed by atoms with Crippen molar-refractivity contribution in [3.63, 3.8) is 0 Å². The topological polar surface area (TPSA) is 47.6 Å². The van der Waals surface area contributed by atoms with Gasteiger partial charge in [0.1, 0.15) is 0 Å². The molecular formula is C16H22ClNO3S. The number of amides is 1. The number of thioether (sulfide) groups is 1. The van der Waals surface area contributed by atoms with Crippen molar-refractivity contribution < 1.29 is 14.3 Å². The van der Waals surface area contributed by atoms with Crippen LogP contribution in [-0.2, 0) is 10.5 Å². The lowest BCUT2D eigenvalue weighted by Crippen LogP contribution is -2.33. The van der Waals surface area contributed by atoms with E-state index in [4.69, 9.17) is 21.1 Å². The van der Waals surface area contributed by atoms with Gasteiger partial charge in [-0.2, -0.15) is 0 Å². The van der Waals surface area contributed by atoms with Crippen molar-refractivity contribution in [3.05, 3.63) is 22.7 Å². The van der Waals surface area contributed by atoms with Crippen molar-refractivity contribution in [3.8, 4) is 11.5 Å². The molecule has 2 rings (SSSR count). The minimum Gasteiger partial charge on any atom is -0.489 e. The molecule has 0 spiro atoms. The minimum atomic E-state index is 0.0693. The van der Waals surface area contributed by atoms with Crippen molar-refractivity contribution >= 4 is 29.3 Å². The van der Waals surface area contributed by atoms with E-state index in [1.54, 1.807) is 11.8 Å². The van der Waals surface area contributed by atoms with Gasteiger partial charge in [0, 0.05) is 18.2 Å². The van der Waals surface area contributed by atoms with Crippen LogP contribution in [-0.4, -0.2) is 30.9 Å². The van der Waals surface area contributed by atoms with Gasteiger partial charge in [0.05, 0.1) is 24.0 Å². The highest BCUT2D eigenvalue weighted by atomic mass is 35.5. The van der Waals surface area contributed by atoms with E-state index < -0.39 is 0 Å². The van der Waals surface area contributed by atoms with Gasteiger partial charge in [0.15, 0.2) is 11.5 Å². The molecular weight excluding hydrogens is 322 g/mol. The molecule has 0 unspecified atom stereocenters. The Labute approximate surface area is 140 Å². The first-order valence-corrected chi connectivity index (χ1v) is 9.08. The van der Waals surface area contributed by atoms with Crippen molar-refractivity contribution in [1.82, 2.24) is 5.32 Å². The van der Waals surface area contributed by atoms with Crippen LogP contribution in [0.3, 0.4) is 0 Å². The molecule has 122 valence electrons. The van der Waals surface area contributed by atoms with Crippen molar-refractivity contribution in [2.45, 2.75) is 38.5 Å². The number of halogens is 1. The third-order valence-electron chi connectivity index (χ3n) is 3.38. The highest BCUT2D eigenvalue weighted by Crippen LogP contribution is 2.38. The van der Waals surface area contributed by atoms with Crippen LogP contribution in [0, 0.1) is 0 Å². The largest absolute Gasteiger partial charge is 0.489 e. The van der Waals surface area contributed by atoms with E-state index in [9.17, 15) is 4.79 Å². The van der Waals surface area contributed by atoms with E-state index in [2.05, 4.69) is 12.2 Å². The number of hydrogen-bond donors (Lipinski definition) is 1. The average Bonchev–Trinajstić information content (AvgIpc) is 2.72. The number of nitrogens with one attached hydrogen (secondary N) is 1.